The van der Waals surface area contributed by atoms with Crippen molar-refractivity contribution in [3.05, 3.63) is 93.5 Å². The van der Waals surface area contributed by atoms with Crippen LogP contribution in [0.2, 0.25) is 0 Å². The number of benzene rings is 3. The first kappa shape index (κ1) is 34.6. The molecular weight excluding hydrogens is 614 g/mol. The molecule has 5 rings (SSSR count). The van der Waals surface area contributed by atoms with E-state index in [9.17, 15) is 18.0 Å². The van der Waals surface area contributed by atoms with Crippen molar-refractivity contribution in [1.29, 1.82) is 0 Å². The average Bonchev–Trinajstić information content (AvgIpc) is 3.30. The lowest BCUT2D eigenvalue weighted by Gasteiger charge is -2.45. The first-order chi connectivity index (χ1) is 22.3. The molecule has 0 aliphatic carbocycles. The number of ether oxygens (including phenoxy) is 2. The fraction of sp³-hybridized carbons (Fsp3) is 0.459. The molecule has 2 aliphatic heterocycles. The van der Waals surface area contributed by atoms with E-state index >= 15 is 0 Å². The number of carbonyl (C=O) groups is 2. The normalized spacial score (nSPS) is 21.5. The molecule has 0 radical (unpaired) electrons. The predicted octanol–water partition coefficient (Wildman–Crippen LogP) is 5.66. The summed E-state index contributed by atoms with van der Waals surface area (Å²) in [6.07, 6.45) is 2.20. The quantitative estimate of drug-likeness (QED) is 0.271. The van der Waals surface area contributed by atoms with Gasteiger partial charge in [0.05, 0.1) is 12.8 Å². The molecule has 2 amide bonds. The van der Waals surface area contributed by atoms with Crippen molar-refractivity contribution in [2.45, 2.75) is 83.8 Å². The Labute approximate surface area is 278 Å². The van der Waals surface area contributed by atoms with Crippen LogP contribution in [0.25, 0.3) is 0 Å². The molecule has 252 valence electrons. The standard InChI is InChI=1S/C37H47N3O6S/c1-8-36(9-2,34(41)39-22-47(7,43)44)46-32-15-12-24(4)19-28(32)29-16-17-45-21-38-33(27-18-23(3)10-13-26(27)6)37(29)30-14-11-25(5)20-31(30)40-35(37)42/h10-15,18-20,29,33,38H,8-9,16-17,21-22H2,1-7H3,(H,39,41)(H,40,42)/t29-,33+,37+/m1/s1. The van der Waals surface area contributed by atoms with Crippen LogP contribution in [-0.4, -0.2) is 51.3 Å². The number of carbonyl (C=O) groups excluding carboxylic acids is 2. The van der Waals surface area contributed by atoms with Crippen LogP contribution in [-0.2, 0) is 29.6 Å². The monoisotopic (exact) mass is 661 g/mol. The molecule has 3 aromatic rings. The van der Waals surface area contributed by atoms with E-state index in [1.54, 1.807) is 0 Å². The van der Waals surface area contributed by atoms with Gasteiger partial charge in [-0.1, -0.05) is 67.4 Å². The maximum absolute atomic E-state index is 14.9. The van der Waals surface area contributed by atoms with Crippen molar-refractivity contribution in [3.63, 3.8) is 0 Å². The van der Waals surface area contributed by atoms with Crippen molar-refractivity contribution in [1.82, 2.24) is 10.6 Å². The molecule has 1 fully saturated rings. The molecule has 0 bridgehead atoms. The highest BCUT2D eigenvalue weighted by Gasteiger charge is 2.59. The van der Waals surface area contributed by atoms with Crippen LogP contribution in [0.5, 0.6) is 5.75 Å². The zero-order chi connectivity index (χ0) is 34.1. The summed E-state index contributed by atoms with van der Waals surface area (Å²) >= 11 is 0. The number of sulfone groups is 1. The highest BCUT2D eigenvalue weighted by Crippen LogP contribution is 2.57. The van der Waals surface area contributed by atoms with Crippen LogP contribution in [0.3, 0.4) is 0 Å². The molecule has 2 heterocycles. The molecule has 3 aromatic carbocycles. The third-order valence-electron chi connectivity index (χ3n) is 9.83. The number of amides is 2. The Hall–Kier alpha value is -3.73. The van der Waals surface area contributed by atoms with Gasteiger partial charge in [-0.05, 0) is 86.9 Å². The van der Waals surface area contributed by atoms with Crippen molar-refractivity contribution in [3.8, 4) is 5.75 Å². The first-order valence-electron chi connectivity index (χ1n) is 16.3. The number of hydrogen-bond donors (Lipinski definition) is 3. The van der Waals surface area contributed by atoms with Crippen molar-refractivity contribution in [2.24, 2.45) is 0 Å². The second kappa shape index (κ2) is 13.4. The van der Waals surface area contributed by atoms with Gasteiger partial charge in [0.25, 0.3) is 5.91 Å². The van der Waals surface area contributed by atoms with E-state index in [0.717, 1.165) is 50.9 Å². The van der Waals surface area contributed by atoms with Crippen LogP contribution in [0, 0.1) is 27.7 Å². The van der Waals surface area contributed by atoms with Crippen LogP contribution in [0.1, 0.15) is 84.0 Å². The van der Waals surface area contributed by atoms with Gasteiger partial charge in [0.1, 0.15) is 17.0 Å². The van der Waals surface area contributed by atoms with Crippen molar-refractivity contribution in [2.75, 3.05) is 30.8 Å². The molecule has 1 spiro atoms. The number of fused-ring (bicyclic) bond motifs is 2. The summed E-state index contributed by atoms with van der Waals surface area (Å²) in [5.41, 5.74) is 5.19. The largest absolute Gasteiger partial charge is 0.477 e. The molecule has 3 atom stereocenters. The molecule has 2 aliphatic rings. The summed E-state index contributed by atoms with van der Waals surface area (Å²) in [6.45, 7) is 12.5. The van der Waals surface area contributed by atoms with E-state index in [1.165, 1.54) is 0 Å². The topological polar surface area (TPSA) is 123 Å². The molecule has 47 heavy (non-hydrogen) atoms. The Morgan fingerprint density at radius 3 is 2.30 bits per heavy atom. The lowest BCUT2D eigenvalue weighted by atomic mass is 9.60. The van der Waals surface area contributed by atoms with Crippen LogP contribution in [0.4, 0.5) is 5.69 Å². The molecule has 0 unspecified atom stereocenters. The molecular formula is C37H47N3O6S. The van der Waals surface area contributed by atoms with E-state index in [1.807, 2.05) is 58.0 Å². The van der Waals surface area contributed by atoms with E-state index in [4.69, 9.17) is 9.47 Å². The van der Waals surface area contributed by atoms with Gasteiger partial charge >= 0.3 is 0 Å². The Morgan fingerprint density at radius 2 is 1.62 bits per heavy atom. The maximum atomic E-state index is 14.9. The van der Waals surface area contributed by atoms with Gasteiger partial charge in [0, 0.05) is 24.5 Å². The number of aryl methyl sites for hydroxylation is 4. The molecule has 9 nitrogen and oxygen atoms in total. The lowest BCUT2D eigenvalue weighted by molar-refractivity contribution is -0.137. The van der Waals surface area contributed by atoms with Gasteiger partial charge in [0.2, 0.25) is 5.91 Å². The second-order valence-electron chi connectivity index (χ2n) is 13.2. The second-order valence-corrected chi connectivity index (χ2v) is 15.3. The van der Waals surface area contributed by atoms with Gasteiger partial charge < -0.3 is 20.1 Å². The average molecular weight is 662 g/mol. The third kappa shape index (κ3) is 6.55. The van der Waals surface area contributed by atoms with Gasteiger partial charge in [0.15, 0.2) is 15.4 Å². The SMILES string of the molecule is CCC(CC)(Oc1ccc(C)cc1[C@H]1CCOCN[C@@H](c2cc(C)ccc2C)[C@]12C(=O)Nc1cc(C)ccc12)C(=O)NCS(C)(=O)=O. The fourth-order valence-electron chi connectivity index (χ4n) is 7.30. The maximum Gasteiger partial charge on any atom is 0.264 e. The summed E-state index contributed by atoms with van der Waals surface area (Å²) in [5, 5.41) is 9.47. The molecule has 10 heteroatoms. The first-order valence-corrected chi connectivity index (χ1v) is 18.4. The Morgan fingerprint density at radius 1 is 0.979 bits per heavy atom. The van der Waals surface area contributed by atoms with Gasteiger partial charge in [-0.2, -0.15) is 0 Å². The predicted molar refractivity (Wildman–Crippen MR) is 184 cm³/mol. The minimum Gasteiger partial charge on any atom is -0.477 e. The van der Waals surface area contributed by atoms with Gasteiger partial charge in [-0.3, -0.25) is 14.9 Å². The van der Waals surface area contributed by atoms with Crippen molar-refractivity contribution >= 4 is 27.3 Å². The summed E-state index contributed by atoms with van der Waals surface area (Å²) < 4.78 is 36.7. The number of nitrogens with one attached hydrogen (secondary N) is 3. The third-order valence-corrected chi connectivity index (χ3v) is 10.5. The Bertz CT molecular complexity index is 1780. The summed E-state index contributed by atoms with van der Waals surface area (Å²) in [4.78, 5) is 28.5. The number of hydrogen-bond acceptors (Lipinski definition) is 7. The molecule has 3 N–H and O–H groups in total. The fourth-order valence-corrected chi connectivity index (χ4v) is 7.69. The molecule has 0 saturated carbocycles. The number of anilines is 1. The van der Waals surface area contributed by atoms with Gasteiger partial charge in [-0.15, -0.1) is 0 Å². The zero-order valence-electron chi connectivity index (χ0n) is 28.5. The Balaban J connectivity index is 1.76. The van der Waals surface area contributed by atoms with E-state index in [2.05, 4.69) is 54.1 Å². The van der Waals surface area contributed by atoms with Crippen LogP contribution >= 0.6 is 0 Å². The Kier molecular flexibility index (Phi) is 9.87. The summed E-state index contributed by atoms with van der Waals surface area (Å²) in [5.74, 6) is -1.06. The van der Waals surface area contributed by atoms with E-state index in [0.29, 0.717) is 31.6 Å². The minimum absolute atomic E-state index is 0.112. The smallest absolute Gasteiger partial charge is 0.264 e. The summed E-state index contributed by atoms with van der Waals surface area (Å²) in [7, 11) is -3.45. The molecule has 1 saturated heterocycles. The molecule has 0 aromatic heterocycles. The van der Waals surface area contributed by atoms with Crippen LogP contribution in [0.15, 0.2) is 54.6 Å². The van der Waals surface area contributed by atoms with Crippen LogP contribution < -0.4 is 20.7 Å². The van der Waals surface area contributed by atoms with Crippen molar-refractivity contribution < 1.29 is 27.5 Å². The van der Waals surface area contributed by atoms with E-state index < -0.39 is 44.6 Å². The lowest BCUT2D eigenvalue weighted by Crippen LogP contribution is -2.53. The highest BCUT2D eigenvalue weighted by molar-refractivity contribution is 7.90. The van der Waals surface area contributed by atoms with Gasteiger partial charge in [-0.25, -0.2) is 8.42 Å². The zero-order valence-corrected chi connectivity index (χ0v) is 29.3. The minimum atomic E-state index is -3.45. The summed E-state index contributed by atoms with van der Waals surface area (Å²) in [6, 6.07) is 17.8. The highest BCUT2D eigenvalue weighted by atomic mass is 32.2. The number of rotatable bonds is 9. The van der Waals surface area contributed by atoms with E-state index in [-0.39, 0.29) is 12.6 Å².